The largest absolute Gasteiger partial charge is 0.389 e. The number of carbonyl (C=O) groups excluding carboxylic acids is 1. The second kappa shape index (κ2) is 5.55. The lowest BCUT2D eigenvalue weighted by atomic mass is 10.1. The third kappa shape index (κ3) is 3.02. The third-order valence-electron chi connectivity index (χ3n) is 2.93. The molecule has 0 bridgehead atoms. The van der Waals surface area contributed by atoms with Gasteiger partial charge in [0, 0.05) is 23.7 Å². The summed E-state index contributed by atoms with van der Waals surface area (Å²) in [5.41, 5.74) is 0.400. The number of aliphatic hydroxyl groups excluding tert-OH is 2. The van der Waals surface area contributed by atoms with Crippen molar-refractivity contribution in [2.75, 3.05) is 19.6 Å². The number of benzene rings is 1. The van der Waals surface area contributed by atoms with Crippen LogP contribution in [-0.2, 0) is 0 Å². The Morgan fingerprint density at radius 3 is 2.44 bits per heavy atom. The van der Waals surface area contributed by atoms with Crippen LogP contribution in [0.15, 0.2) is 18.2 Å². The van der Waals surface area contributed by atoms with E-state index in [1.807, 2.05) is 0 Å². The summed E-state index contributed by atoms with van der Waals surface area (Å²) in [6.07, 6.45) is -1.59. The van der Waals surface area contributed by atoms with Crippen LogP contribution in [0.4, 0.5) is 0 Å². The summed E-state index contributed by atoms with van der Waals surface area (Å²) in [5.74, 6) is -0.155. The van der Waals surface area contributed by atoms with E-state index in [2.05, 4.69) is 0 Å². The van der Waals surface area contributed by atoms with Crippen LogP contribution in [0.1, 0.15) is 10.4 Å². The lowest BCUT2D eigenvalue weighted by Gasteiger charge is -2.14. The van der Waals surface area contributed by atoms with Crippen molar-refractivity contribution in [2.24, 2.45) is 0 Å². The van der Waals surface area contributed by atoms with Gasteiger partial charge in [0.2, 0.25) is 0 Å². The molecule has 18 heavy (non-hydrogen) atoms. The Balaban J connectivity index is 2.04. The number of halogens is 2. The molecular formula is C12H13Cl2NO3. The first-order chi connectivity index (χ1) is 8.47. The second-order valence-electron chi connectivity index (χ2n) is 4.38. The van der Waals surface area contributed by atoms with E-state index in [1.165, 1.54) is 6.07 Å². The summed E-state index contributed by atoms with van der Waals surface area (Å²) >= 11 is 11.7. The quantitative estimate of drug-likeness (QED) is 0.822. The zero-order valence-corrected chi connectivity index (χ0v) is 11.0. The number of nitrogens with zero attached hydrogens (tertiary/aromatic N) is 1. The van der Waals surface area contributed by atoms with Gasteiger partial charge >= 0.3 is 0 Å². The highest BCUT2D eigenvalue weighted by Gasteiger charge is 2.30. The van der Waals surface area contributed by atoms with Crippen molar-refractivity contribution in [3.8, 4) is 0 Å². The maximum absolute atomic E-state index is 12.0. The van der Waals surface area contributed by atoms with E-state index in [9.17, 15) is 15.0 Å². The lowest BCUT2D eigenvalue weighted by molar-refractivity contribution is 0.0572. The fourth-order valence-electron chi connectivity index (χ4n) is 1.98. The van der Waals surface area contributed by atoms with E-state index in [4.69, 9.17) is 23.2 Å². The van der Waals surface area contributed by atoms with Gasteiger partial charge in [-0.2, -0.15) is 0 Å². The number of aliphatic hydroxyl groups is 2. The van der Waals surface area contributed by atoms with Crippen molar-refractivity contribution in [1.29, 1.82) is 0 Å². The molecule has 0 aromatic heterocycles. The number of carbonyl (C=O) groups is 1. The van der Waals surface area contributed by atoms with Crippen LogP contribution >= 0.6 is 23.2 Å². The summed E-state index contributed by atoms with van der Waals surface area (Å²) in [6, 6.07) is 4.70. The van der Waals surface area contributed by atoms with Crippen LogP contribution in [-0.4, -0.2) is 52.7 Å². The number of rotatable bonds is 3. The molecule has 98 valence electrons. The van der Waals surface area contributed by atoms with Gasteiger partial charge in [0.25, 0.3) is 0 Å². The van der Waals surface area contributed by atoms with E-state index < -0.39 is 12.2 Å². The molecule has 1 saturated heterocycles. The third-order valence-corrected chi connectivity index (χ3v) is 3.48. The Hall–Kier alpha value is -0.650. The van der Waals surface area contributed by atoms with E-state index in [1.54, 1.807) is 17.0 Å². The van der Waals surface area contributed by atoms with Crippen LogP contribution in [0.25, 0.3) is 0 Å². The molecule has 1 aliphatic rings. The minimum absolute atomic E-state index is 0.121. The molecule has 0 saturated carbocycles. The van der Waals surface area contributed by atoms with Crippen LogP contribution in [0.3, 0.4) is 0 Å². The molecule has 2 atom stereocenters. The predicted octanol–water partition coefficient (Wildman–Crippen LogP) is 1.21. The Labute approximate surface area is 115 Å². The van der Waals surface area contributed by atoms with Crippen molar-refractivity contribution < 1.29 is 15.0 Å². The Kier molecular flexibility index (Phi) is 4.25. The lowest BCUT2D eigenvalue weighted by Crippen LogP contribution is -2.29. The summed E-state index contributed by atoms with van der Waals surface area (Å²) in [7, 11) is 0. The van der Waals surface area contributed by atoms with E-state index in [0.717, 1.165) is 0 Å². The summed E-state index contributed by atoms with van der Waals surface area (Å²) in [6.45, 7) is 0.700. The van der Waals surface area contributed by atoms with Gasteiger partial charge in [0.1, 0.15) is 0 Å². The average Bonchev–Trinajstić information content (AvgIpc) is 2.57. The maximum Gasteiger partial charge on any atom is 0.178 e. The minimum atomic E-state index is -0.793. The Bertz CT molecular complexity index is 457. The zero-order valence-electron chi connectivity index (χ0n) is 9.51. The number of β-amino-alcohol motifs (C(OH)–C–C–N with tert-alkyl or cyclic N) is 2. The maximum atomic E-state index is 12.0. The van der Waals surface area contributed by atoms with Crippen molar-refractivity contribution in [3.63, 3.8) is 0 Å². The molecule has 1 heterocycles. The van der Waals surface area contributed by atoms with Crippen LogP contribution in [0, 0.1) is 0 Å². The Morgan fingerprint density at radius 1 is 1.28 bits per heavy atom. The fourth-order valence-corrected chi connectivity index (χ4v) is 2.49. The van der Waals surface area contributed by atoms with Gasteiger partial charge in [-0.15, -0.1) is 0 Å². The van der Waals surface area contributed by atoms with E-state index in [0.29, 0.717) is 15.6 Å². The molecule has 0 spiro atoms. The number of ketones is 1. The number of Topliss-reactive ketones (excluding diaryl/α,β-unsaturated/α-hetero) is 1. The topological polar surface area (TPSA) is 60.8 Å². The van der Waals surface area contributed by atoms with Gasteiger partial charge in [-0.25, -0.2) is 0 Å². The van der Waals surface area contributed by atoms with Crippen molar-refractivity contribution in [1.82, 2.24) is 4.90 Å². The minimum Gasteiger partial charge on any atom is -0.389 e. The molecule has 2 N–H and O–H groups in total. The molecule has 0 amide bonds. The Morgan fingerprint density at radius 2 is 1.89 bits per heavy atom. The molecule has 0 radical (unpaired) electrons. The van der Waals surface area contributed by atoms with Crippen molar-refractivity contribution in [2.45, 2.75) is 12.2 Å². The molecule has 1 aliphatic heterocycles. The van der Waals surface area contributed by atoms with E-state index in [-0.39, 0.29) is 25.4 Å². The molecule has 0 aliphatic carbocycles. The summed E-state index contributed by atoms with van der Waals surface area (Å²) in [5, 5.41) is 19.6. The first-order valence-corrected chi connectivity index (χ1v) is 6.29. The smallest absolute Gasteiger partial charge is 0.178 e. The fraction of sp³-hybridized carbons (Fsp3) is 0.417. The van der Waals surface area contributed by atoms with Gasteiger partial charge in [0.15, 0.2) is 5.78 Å². The van der Waals surface area contributed by atoms with Gasteiger partial charge in [-0.05, 0) is 18.2 Å². The summed E-state index contributed by atoms with van der Waals surface area (Å²) < 4.78 is 0. The molecule has 1 aromatic carbocycles. The molecule has 6 heteroatoms. The van der Waals surface area contributed by atoms with Gasteiger partial charge in [-0.3, -0.25) is 9.69 Å². The molecule has 1 aromatic rings. The molecule has 1 fully saturated rings. The summed E-state index contributed by atoms with van der Waals surface area (Å²) in [4.78, 5) is 13.7. The van der Waals surface area contributed by atoms with Crippen LogP contribution < -0.4 is 0 Å². The molecule has 2 rings (SSSR count). The monoisotopic (exact) mass is 289 g/mol. The van der Waals surface area contributed by atoms with E-state index >= 15 is 0 Å². The number of hydrogen-bond donors (Lipinski definition) is 2. The highest BCUT2D eigenvalue weighted by atomic mass is 35.5. The van der Waals surface area contributed by atoms with Crippen LogP contribution in [0.2, 0.25) is 10.0 Å². The highest BCUT2D eigenvalue weighted by molar-refractivity contribution is 6.36. The zero-order chi connectivity index (χ0) is 13.3. The molecule has 2 unspecified atom stereocenters. The van der Waals surface area contributed by atoms with Crippen molar-refractivity contribution in [3.05, 3.63) is 33.8 Å². The molecule has 4 nitrogen and oxygen atoms in total. The standard InChI is InChI=1S/C12H13Cl2NO3/c13-7-1-2-8(9(14)3-7)10(16)4-15-5-11(17)12(18)6-15/h1-3,11-12,17-18H,4-6H2. The van der Waals surface area contributed by atoms with Gasteiger partial charge in [-0.1, -0.05) is 23.2 Å². The molecular weight excluding hydrogens is 277 g/mol. The highest BCUT2D eigenvalue weighted by Crippen LogP contribution is 2.22. The van der Waals surface area contributed by atoms with Crippen molar-refractivity contribution >= 4 is 29.0 Å². The number of likely N-dealkylation sites (tertiary alicyclic amines) is 1. The first-order valence-electron chi connectivity index (χ1n) is 5.54. The van der Waals surface area contributed by atoms with Crippen LogP contribution in [0.5, 0.6) is 0 Å². The SMILES string of the molecule is O=C(CN1CC(O)C(O)C1)c1ccc(Cl)cc1Cl. The van der Waals surface area contributed by atoms with Gasteiger partial charge in [0.05, 0.1) is 23.8 Å². The first kappa shape index (κ1) is 13.8. The average molecular weight is 290 g/mol. The van der Waals surface area contributed by atoms with Gasteiger partial charge < -0.3 is 10.2 Å². The second-order valence-corrected chi connectivity index (χ2v) is 5.22. The predicted molar refractivity (Wildman–Crippen MR) is 69.2 cm³/mol. The normalized spacial score (nSPS) is 24.4. The number of hydrogen-bond acceptors (Lipinski definition) is 4.